The van der Waals surface area contributed by atoms with Gasteiger partial charge in [0, 0.05) is 16.3 Å². The van der Waals surface area contributed by atoms with E-state index >= 15 is 0 Å². The maximum atomic E-state index is 2.44. The number of fused-ring (bicyclic) bond motifs is 1. The van der Waals surface area contributed by atoms with Crippen molar-refractivity contribution >= 4 is 21.7 Å². The first-order valence-electron chi connectivity index (χ1n) is 8.08. The summed E-state index contributed by atoms with van der Waals surface area (Å²) >= 11 is 0. The molecule has 1 aliphatic heterocycles. The van der Waals surface area contributed by atoms with Crippen molar-refractivity contribution in [3.63, 3.8) is 0 Å². The normalized spacial score (nSPS) is 16.1. The summed E-state index contributed by atoms with van der Waals surface area (Å²) in [6.07, 6.45) is 8.07. The van der Waals surface area contributed by atoms with E-state index in [2.05, 4.69) is 43.3 Å². The molecule has 0 unspecified atom stereocenters. The average molecular weight is 285 g/mol. The van der Waals surface area contributed by atoms with Crippen molar-refractivity contribution < 1.29 is 0 Å². The van der Waals surface area contributed by atoms with Crippen molar-refractivity contribution in [2.45, 2.75) is 50.3 Å². The summed E-state index contributed by atoms with van der Waals surface area (Å²) < 4.78 is 0. The third-order valence-corrected chi connectivity index (χ3v) is 6.91. The number of aryl methyl sites for hydroxylation is 1. The minimum Gasteiger partial charge on any atom is -0.0654 e. The molecule has 3 rings (SSSR count). The van der Waals surface area contributed by atoms with Gasteiger partial charge in [-0.3, -0.25) is 0 Å². The molecular formula is C19H25S+. The zero-order chi connectivity index (χ0) is 13.8. The molecule has 0 N–H and O–H groups in total. The molecule has 106 valence electrons. The number of rotatable bonds is 5. The minimum absolute atomic E-state index is 0.519. The highest BCUT2D eigenvalue weighted by molar-refractivity contribution is 7.97. The van der Waals surface area contributed by atoms with Crippen LogP contribution in [-0.2, 0) is 17.3 Å². The summed E-state index contributed by atoms with van der Waals surface area (Å²) in [5.41, 5.74) is 1.56. The van der Waals surface area contributed by atoms with Gasteiger partial charge in [-0.05, 0) is 48.8 Å². The van der Waals surface area contributed by atoms with Crippen LogP contribution in [-0.4, -0.2) is 11.5 Å². The van der Waals surface area contributed by atoms with E-state index in [1.54, 1.807) is 10.5 Å². The lowest BCUT2D eigenvalue weighted by Gasteiger charge is -2.10. The fourth-order valence-corrected chi connectivity index (χ4v) is 5.74. The van der Waals surface area contributed by atoms with Crippen LogP contribution >= 0.6 is 0 Å². The van der Waals surface area contributed by atoms with Crippen molar-refractivity contribution in [3.05, 3.63) is 42.0 Å². The highest BCUT2D eigenvalue weighted by Gasteiger charge is 2.28. The van der Waals surface area contributed by atoms with Crippen LogP contribution in [0.2, 0.25) is 0 Å². The smallest absolute Gasteiger partial charge is 0.0654 e. The molecule has 0 aromatic heterocycles. The first-order chi connectivity index (χ1) is 9.90. The van der Waals surface area contributed by atoms with Crippen LogP contribution < -0.4 is 0 Å². The van der Waals surface area contributed by atoms with Crippen molar-refractivity contribution in [2.75, 3.05) is 11.5 Å². The van der Waals surface area contributed by atoms with E-state index in [-0.39, 0.29) is 0 Å². The Labute approximate surface area is 125 Å². The SMILES string of the molecule is CCCCCc1ccc([S+]2CCCC2)c2ccccc12. The van der Waals surface area contributed by atoms with Gasteiger partial charge in [0.1, 0.15) is 11.5 Å². The lowest BCUT2D eigenvalue weighted by atomic mass is 10.00. The standard InChI is InChI=1S/C19H25S/c1-2-3-4-9-16-12-13-19(20-14-7-8-15-20)18-11-6-5-10-17(16)18/h5-6,10-13H,2-4,7-9,14-15H2,1H3/q+1. The van der Waals surface area contributed by atoms with Gasteiger partial charge in [0.2, 0.25) is 0 Å². The van der Waals surface area contributed by atoms with Gasteiger partial charge in [0.05, 0.1) is 0 Å². The largest absolute Gasteiger partial charge is 0.162 e. The van der Waals surface area contributed by atoms with E-state index in [9.17, 15) is 0 Å². The third-order valence-electron chi connectivity index (χ3n) is 4.37. The van der Waals surface area contributed by atoms with Gasteiger partial charge in [-0.1, -0.05) is 44.0 Å². The first-order valence-corrected chi connectivity index (χ1v) is 9.64. The molecule has 1 heteroatoms. The van der Waals surface area contributed by atoms with Crippen molar-refractivity contribution in [1.82, 2.24) is 0 Å². The predicted molar refractivity (Wildman–Crippen MR) is 91.8 cm³/mol. The van der Waals surface area contributed by atoms with Crippen molar-refractivity contribution in [3.8, 4) is 0 Å². The zero-order valence-corrected chi connectivity index (χ0v) is 13.3. The summed E-state index contributed by atoms with van der Waals surface area (Å²) in [6.45, 7) is 2.28. The van der Waals surface area contributed by atoms with Gasteiger partial charge in [-0.15, -0.1) is 0 Å². The highest BCUT2D eigenvalue weighted by Crippen LogP contribution is 2.32. The molecule has 0 atom stereocenters. The second-order valence-electron chi connectivity index (χ2n) is 5.83. The summed E-state index contributed by atoms with van der Waals surface area (Å²) in [7, 11) is 0.519. The quantitative estimate of drug-likeness (QED) is 0.513. The maximum Gasteiger partial charge on any atom is 0.162 e. The van der Waals surface area contributed by atoms with Gasteiger partial charge < -0.3 is 0 Å². The van der Waals surface area contributed by atoms with E-state index in [4.69, 9.17) is 0 Å². The highest BCUT2D eigenvalue weighted by atomic mass is 32.2. The Hall–Kier alpha value is -0.950. The molecule has 0 radical (unpaired) electrons. The van der Waals surface area contributed by atoms with Gasteiger partial charge in [-0.2, -0.15) is 0 Å². The lowest BCUT2D eigenvalue weighted by molar-refractivity contribution is 0.719. The molecular weight excluding hydrogens is 260 g/mol. The van der Waals surface area contributed by atoms with Gasteiger partial charge >= 0.3 is 0 Å². The molecule has 1 saturated heterocycles. The van der Waals surface area contributed by atoms with E-state index in [0.717, 1.165) is 0 Å². The molecule has 0 amide bonds. The molecule has 1 heterocycles. The monoisotopic (exact) mass is 285 g/mol. The van der Waals surface area contributed by atoms with Crippen LogP contribution in [0.1, 0.15) is 44.6 Å². The number of unbranched alkanes of at least 4 members (excludes halogenated alkanes) is 2. The van der Waals surface area contributed by atoms with Gasteiger partial charge in [-0.25, -0.2) is 0 Å². The Morgan fingerprint density at radius 2 is 1.65 bits per heavy atom. The molecule has 20 heavy (non-hydrogen) atoms. The van der Waals surface area contributed by atoms with E-state index < -0.39 is 0 Å². The fraction of sp³-hybridized carbons (Fsp3) is 0.474. The number of hydrogen-bond acceptors (Lipinski definition) is 0. The average Bonchev–Trinajstić information content (AvgIpc) is 3.01. The topological polar surface area (TPSA) is 0 Å². The Morgan fingerprint density at radius 3 is 2.40 bits per heavy atom. The van der Waals surface area contributed by atoms with Gasteiger partial charge in [0.15, 0.2) is 4.90 Å². The fourth-order valence-electron chi connectivity index (χ4n) is 3.24. The molecule has 0 spiro atoms. The number of benzene rings is 2. The van der Waals surface area contributed by atoms with Crippen molar-refractivity contribution in [2.24, 2.45) is 0 Å². The Balaban J connectivity index is 1.96. The first kappa shape index (κ1) is 14.0. The Kier molecular flexibility index (Phi) is 4.67. The molecule has 2 aromatic rings. The summed E-state index contributed by atoms with van der Waals surface area (Å²) in [5.74, 6) is 2.83. The Bertz CT molecular complexity index is 567. The minimum atomic E-state index is 0.519. The molecule has 0 nitrogen and oxygen atoms in total. The van der Waals surface area contributed by atoms with E-state index in [1.807, 2.05) is 0 Å². The van der Waals surface area contributed by atoms with Crippen LogP contribution in [0.4, 0.5) is 0 Å². The second kappa shape index (κ2) is 6.67. The van der Waals surface area contributed by atoms with Crippen LogP contribution in [0.25, 0.3) is 10.8 Å². The molecule has 2 aromatic carbocycles. The third kappa shape index (κ3) is 2.88. The molecule has 1 fully saturated rings. The molecule has 0 bridgehead atoms. The lowest BCUT2D eigenvalue weighted by Crippen LogP contribution is -2.05. The zero-order valence-electron chi connectivity index (χ0n) is 12.5. The second-order valence-corrected chi connectivity index (χ2v) is 8.08. The summed E-state index contributed by atoms with van der Waals surface area (Å²) in [4.78, 5) is 1.64. The van der Waals surface area contributed by atoms with Crippen molar-refractivity contribution in [1.29, 1.82) is 0 Å². The molecule has 0 saturated carbocycles. The van der Waals surface area contributed by atoms with Gasteiger partial charge in [0.25, 0.3) is 0 Å². The van der Waals surface area contributed by atoms with Crippen LogP contribution in [0.3, 0.4) is 0 Å². The van der Waals surface area contributed by atoms with Crippen LogP contribution in [0, 0.1) is 0 Å². The number of hydrogen-bond donors (Lipinski definition) is 0. The summed E-state index contributed by atoms with van der Waals surface area (Å²) in [5, 5.41) is 3.05. The van der Waals surface area contributed by atoms with Crippen LogP contribution in [0.5, 0.6) is 0 Å². The van der Waals surface area contributed by atoms with E-state index in [1.165, 1.54) is 60.8 Å². The van der Waals surface area contributed by atoms with E-state index in [0.29, 0.717) is 10.9 Å². The Morgan fingerprint density at radius 1 is 0.900 bits per heavy atom. The summed E-state index contributed by atoms with van der Waals surface area (Å²) in [6, 6.07) is 13.9. The molecule has 0 aliphatic carbocycles. The predicted octanol–water partition coefficient (Wildman–Crippen LogP) is 5.34. The maximum absolute atomic E-state index is 2.44. The molecule has 1 aliphatic rings. The van der Waals surface area contributed by atoms with Crippen LogP contribution in [0.15, 0.2) is 41.3 Å².